The minimum atomic E-state index is 0.0322. The molecule has 0 bridgehead atoms. The molecule has 2 heterocycles. The number of phenols is 1. The second kappa shape index (κ2) is 5.89. The molecule has 2 N–H and O–H groups in total. The number of fused-ring (bicyclic) bond motifs is 1. The molecule has 118 valence electrons. The molecule has 0 saturated carbocycles. The van der Waals surface area contributed by atoms with Gasteiger partial charge in [-0.05, 0) is 30.3 Å². The minimum absolute atomic E-state index is 0.0322. The maximum absolute atomic E-state index is 9.52. The van der Waals surface area contributed by atoms with Crippen LogP contribution in [0.3, 0.4) is 0 Å². The summed E-state index contributed by atoms with van der Waals surface area (Å²) in [6, 6.07) is 14.7. The van der Waals surface area contributed by atoms with Crippen LogP contribution in [0.15, 0.2) is 62.8 Å². The maximum Gasteiger partial charge on any atom is 0.222 e. The Hall–Kier alpha value is -2.44. The molecule has 0 aliphatic heterocycles. The first kappa shape index (κ1) is 15.1. The molecule has 0 aliphatic carbocycles. The van der Waals surface area contributed by atoms with E-state index in [1.165, 1.54) is 17.4 Å². The summed E-state index contributed by atoms with van der Waals surface area (Å²) in [5.74, 6) is 0.116. The first-order chi connectivity index (χ1) is 11.6. The average Bonchev–Trinajstić information content (AvgIpc) is 3.04. The molecule has 0 aliphatic rings. The molecule has 4 aromatic rings. The molecule has 0 amide bonds. The third-order valence-corrected chi connectivity index (χ3v) is 5.03. The Bertz CT molecular complexity index is 1100. The van der Waals surface area contributed by atoms with E-state index in [9.17, 15) is 5.11 Å². The molecule has 4 nitrogen and oxygen atoms in total. The Labute approximate surface area is 149 Å². The third-order valence-electron chi connectivity index (χ3n) is 3.63. The van der Waals surface area contributed by atoms with Crippen LogP contribution in [-0.4, -0.2) is 10.1 Å². The second-order valence-electron chi connectivity index (χ2n) is 5.26. The quantitative estimate of drug-likeness (QED) is 0.489. The fraction of sp³-hybridized carbons (Fsp3) is 0. The zero-order valence-electron chi connectivity index (χ0n) is 12.3. The summed E-state index contributed by atoms with van der Waals surface area (Å²) in [5.41, 5.74) is 3.04. The average molecular weight is 399 g/mol. The van der Waals surface area contributed by atoms with Crippen LogP contribution in [0, 0.1) is 5.41 Å². The van der Waals surface area contributed by atoms with E-state index in [0.717, 1.165) is 26.1 Å². The summed E-state index contributed by atoms with van der Waals surface area (Å²) in [6.07, 6.45) is 0. The van der Waals surface area contributed by atoms with Gasteiger partial charge in [-0.3, -0.25) is 5.41 Å². The number of hydrogen-bond acceptors (Lipinski definition) is 5. The van der Waals surface area contributed by atoms with Gasteiger partial charge >= 0.3 is 0 Å². The topological polar surface area (TPSA) is 70.1 Å². The number of halogens is 1. The molecule has 2 aromatic heterocycles. The molecule has 0 atom stereocenters. The first-order valence-electron chi connectivity index (χ1n) is 7.13. The maximum atomic E-state index is 9.52. The summed E-state index contributed by atoms with van der Waals surface area (Å²) in [5, 5.41) is 21.2. The Morgan fingerprint density at radius 3 is 2.67 bits per heavy atom. The molecule has 0 spiro atoms. The molecule has 0 saturated heterocycles. The highest BCUT2D eigenvalue weighted by Crippen LogP contribution is 2.30. The van der Waals surface area contributed by atoms with Gasteiger partial charge in [-0.15, -0.1) is 11.3 Å². The van der Waals surface area contributed by atoms with Crippen molar-refractivity contribution in [2.24, 2.45) is 0 Å². The lowest BCUT2D eigenvalue weighted by molar-refractivity contribution is 0.472. The summed E-state index contributed by atoms with van der Waals surface area (Å²) in [4.78, 5) is 4.64. The van der Waals surface area contributed by atoms with Gasteiger partial charge in [0, 0.05) is 26.9 Å². The monoisotopic (exact) mass is 398 g/mol. The SMILES string of the molecule is N=c1oc2cc(O)ccc2cc1-c1nc(-c2ccc(Br)cc2)cs1. The molecule has 0 fully saturated rings. The standard InChI is InChI=1S/C18H11BrN2O2S/c19-12-4-1-10(2-5-12)15-9-24-18(21-15)14-7-11-3-6-13(22)8-16(11)23-17(14)20/h1-9,20,22H. The predicted molar refractivity (Wildman–Crippen MR) is 98.0 cm³/mol. The number of hydrogen-bond donors (Lipinski definition) is 2. The summed E-state index contributed by atoms with van der Waals surface area (Å²) in [6.45, 7) is 0. The van der Waals surface area contributed by atoms with Crippen molar-refractivity contribution in [3.05, 3.63) is 63.9 Å². The van der Waals surface area contributed by atoms with Gasteiger partial charge in [0.15, 0.2) is 0 Å². The van der Waals surface area contributed by atoms with Crippen LogP contribution in [0.25, 0.3) is 32.8 Å². The van der Waals surface area contributed by atoms with Crippen LogP contribution < -0.4 is 5.55 Å². The highest BCUT2D eigenvalue weighted by Gasteiger charge is 2.11. The molecule has 24 heavy (non-hydrogen) atoms. The molecule has 0 radical (unpaired) electrons. The van der Waals surface area contributed by atoms with Crippen LogP contribution in [0.2, 0.25) is 0 Å². The van der Waals surface area contributed by atoms with E-state index in [1.807, 2.05) is 35.7 Å². The Morgan fingerprint density at radius 2 is 1.88 bits per heavy atom. The van der Waals surface area contributed by atoms with Crippen LogP contribution >= 0.6 is 27.3 Å². The smallest absolute Gasteiger partial charge is 0.222 e. The van der Waals surface area contributed by atoms with Crippen LogP contribution in [0.5, 0.6) is 5.75 Å². The van der Waals surface area contributed by atoms with Crippen molar-refractivity contribution in [1.29, 1.82) is 5.41 Å². The third kappa shape index (κ3) is 2.74. The molecule has 0 unspecified atom stereocenters. The first-order valence-corrected chi connectivity index (χ1v) is 8.81. The molecule has 6 heteroatoms. The van der Waals surface area contributed by atoms with Crippen LogP contribution in [0.1, 0.15) is 0 Å². The van der Waals surface area contributed by atoms with Gasteiger partial charge in [0.2, 0.25) is 5.55 Å². The van der Waals surface area contributed by atoms with Gasteiger partial charge in [0.25, 0.3) is 0 Å². The van der Waals surface area contributed by atoms with Crippen molar-refractivity contribution in [1.82, 2.24) is 4.98 Å². The number of aromatic hydroxyl groups is 1. The zero-order valence-corrected chi connectivity index (χ0v) is 14.7. The second-order valence-corrected chi connectivity index (χ2v) is 7.03. The normalized spacial score (nSPS) is 11.0. The summed E-state index contributed by atoms with van der Waals surface area (Å²) < 4.78 is 6.55. The van der Waals surface area contributed by atoms with E-state index in [4.69, 9.17) is 9.83 Å². The Kier molecular flexibility index (Phi) is 3.70. The van der Waals surface area contributed by atoms with Crippen molar-refractivity contribution in [2.75, 3.05) is 0 Å². The van der Waals surface area contributed by atoms with Gasteiger partial charge in [-0.25, -0.2) is 4.98 Å². The van der Waals surface area contributed by atoms with Crippen molar-refractivity contribution in [2.45, 2.75) is 0 Å². The summed E-state index contributed by atoms with van der Waals surface area (Å²) in [7, 11) is 0. The fourth-order valence-electron chi connectivity index (χ4n) is 2.43. The van der Waals surface area contributed by atoms with Gasteiger partial charge < -0.3 is 9.52 Å². The van der Waals surface area contributed by atoms with Gasteiger partial charge in [-0.2, -0.15) is 0 Å². The molecular formula is C18H11BrN2O2S. The van der Waals surface area contributed by atoms with Gasteiger partial charge in [0.05, 0.1) is 11.3 Å². The number of aromatic nitrogens is 1. The van der Waals surface area contributed by atoms with Crippen molar-refractivity contribution >= 4 is 38.2 Å². The van der Waals surface area contributed by atoms with E-state index in [2.05, 4.69) is 20.9 Å². The van der Waals surface area contributed by atoms with E-state index in [1.54, 1.807) is 12.1 Å². The number of nitrogens with zero attached hydrogens (tertiary/aromatic N) is 1. The van der Waals surface area contributed by atoms with Crippen LogP contribution in [-0.2, 0) is 0 Å². The number of benzene rings is 2. The fourth-order valence-corrected chi connectivity index (χ4v) is 3.53. The number of thiazole rings is 1. The Morgan fingerprint density at radius 1 is 1.08 bits per heavy atom. The van der Waals surface area contributed by atoms with Crippen molar-refractivity contribution in [3.8, 4) is 27.6 Å². The number of nitrogens with one attached hydrogen (secondary N) is 1. The van der Waals surface area contributed by atoms with Crippen molar-refractivity contribution < 1.29 is 9.52 Å². The highest BCUT2D eigenvalue weighted by atomic mass is 79.9. The van der Waals surface area contributed by atoms with Crippen LogP contribution in [0.4, 0.5) is 0 Å². The lowest BCUT2D eigenvalue weighted by Crippen LogP contribution is -2.02. The lowest BCUT2D eigenvalue weighted by atomic mass is 10.1. The van der Waals surface area contributed by atoms with Gasteiger partial charge in [-0.1, -0.05) is 28.1 Å². The van der Waals surface area contributed by atoms with E-state index in [-0.39, 0.29) is 11.3 Å². The van der Waals surface area contributed by atoms with E-state index >= 15 is 0 Å². The highest BCUT2D eigenvalue weighted by molar-refractivity contribution is 9.10. The molecule has 2 aromatic carbocycles. The predicted octanol–water partition coefficient (Wildman–Crippen LogP) is 5.17. The number of phenolic OH excluding ortho intramolecular Hbond substituents is 1. The number of rotatable bonds is 2. The largest absolute Gasteiger partial charge is 0.508 e. The lowest BCUT2D eigenvalue weighted by Gasteiger charge is -2.02. The van der Waals surface area contributed by atoms with Gasteiger partial charge in [0.1, 0.15) is 16.3 Å². The zero-order chi connectivity index (χ0) is 16.7. The molecule has 4 rings (SSSR count). The van der Waals surface area contributed by atoms with E-state index in [0.29, 0.717) is 11.1 Å². The Balaban J connectivity index is 1.80. The van der Waals surface area contributed by atoms with E-state index < -0.39 is 0 Å². The summed E-state index contributed by atoms with van der Waals surface area (Å²) >= 11 is 4.90. The van der Waals surface area contributed by atoms with Crippen molar-refractivity contribution in [3.63, 3.8) is 0 Å². The molecular weight excluding hydrogens is 388 g/mol. The minimum Gasteiger partial charge on any atom is -0.508 e.